The Bertz CT molecular complexity index is 236. The molecule has 0 aliphatic carbocycles. The highest BCUT2D eigenvalue weighted by atomic mass is 16.5. The molecule has 1 rings (SSSR count). The van der Waals surface area contributed by atoms with Crippen LogP contribution >= 0.6 is 0 Å². The van der Waals surface area contributed by atoms with E-state index < -0.39 is 0 Å². The third-order valence-corrected chi connectivity index (χ3v) is 3.50. The zero-order valence-corrected chi connectivity index (χ0v) is 12.4. The Labute approximate surface area is 112 Å². The molecule has 4 nitrogen and oxygen atoms in total. The minimum Gasteiger partial charge on any atom is -0.394 e. The summed E-state index contributed by atoms with van der Waals surface area (Å²) in [4.78, 5) is 2.45. The van der Waals surface area contributed by atoms with Crippen LogP contribution in [0.3, 0.4) is 0 Å². The van der Waals surface area contributed by atoms with E-state index in [0.29, 0.717) is 12.1 Å². The highest BCUT2D eigenvalue weighted by Gasteiger charge is 2.25. The average Bonchev–Trinajstić information content (AvgIpc) is 2.50. The standard InChI is InChI=1S/C14H30N2O2/c1-12(2)15-14(4,11-17)6-8-16-7-5-9-18-13(3)10-16/h12-13,15,17H,5-11H2,1-4H3. The Morgan fingerprint density at radius 2 is 2.22 bits per heavy atom. The van der Waals surface area contributed by atoms with E-state index in [4.69, 9.17) is 4.74 Å². The molecule has 18 heavy (non-hydrogen) atoms. The van der Waals surface area contributed by atoms with Crippen LogP contribution < -0.4 is 5.32 Å². The molecule has 0 spiro atoms. The zero-order valence-electron chi connectivity index (χ0n) is 12.4. The van der Waals surface area contributed by atoms with Crippen molar-refractivity contribution >= 4 is 0 Å². The summed E-state index contributed by atoms with van der Waals surface area (Å²) >= 11 is 0. The lowest BCUT2D eigenvalue weighted by Crippen LogP contribution is -2.51. The predicted octanol–water partition coefficient (Wildman–Crippen LogP) is 1.24. The summed E-state index contributed by atoms with van der Waals surface area (Å²) in [7, 11) is 0. The molecule has 0 saturated carbocycles. The first-order valence-electron chi connectivity index (χ1n) is 7.18. The van der Waals surface area contributed by atoms with Gasteiger partial charge in [-0.1, -0.05) is 13.8 Å². The molecular weight excluding hydrogens is 228 g/mol. The van der Waals surface area contributed by atoms with Crippen LogP contribution in [0.4, 0.5) is 0 Å². The first-order chi connectivity index (χ1) is 8.45. The van der Waals surface area contributed by atoms with E-state index in [2.05, 4.69) is 37.9 Å². The SMILES string of the molecule is CC(C)NC(C)(CO)CCN1CCCOC(C)C1. The van der Waals surface area contributed by atoms with Gasteiger partial charge in [0.15, 0.2) is 0 Å². The van der Waals surface area contributed by atoms with Crippen molar-refractivity contribution in [3.05, 3.63) is 0 Å². The van der Waals surface area contributed by atoms with Crippen LogP contribution in [0.25, 0.3) is 0 Å². The van der Waals surface area contributed by atoms with Crippen molar-refractivity contribution in [3.8, 4) is 0 Å². The van der Waals surface area contributed by atoms with Gasteiger partial charge in [-0.2, -0.15) is 0 Å². The normalized spacial score (nSPS) is 26.0. The molecular formula is C14H30N2O2. The molecule has 108 valence electrons. The van der Waals surface area contributed by atoms with Crippen LogP contribution in [0, 0.1) is 0 Å². The average molecular weight is 258 g/mol. The molecule has 0 bridgehead atoms. The molecule has 4 heteroatoms. The molecule has 1 aliphatic heterocycles. The third-order valence-electron chi connectivity index (χ3n) is 3.50. The summed E-state index contributed by atoms with van der Waals surface area (Å²) in [5.74, 6) is 0. The fraction of sp³-hybridized carbons (Fsp3) is 1.00. The Kier molecular flexibility index (Phi) is 6.57. The maximum Gasteiger partial charge on any atom is 0.0673 e. The molecule has 2 N–H and O–H groups in total. The highest BCUT2D eigenvalue weighted by Crippen LogP contribution is 2.13. The number of aliphatic hydroxyl groups excluding tert-OH is 1. The van der Waals surface area contributed by atoms with E-state index in [-0.39, 0.29) is 12.1 Å². The van der Waals surface area contributed by atoms with Gasteiger partial charge in [0.1, 0.15) is 0 Å². The molecule has 0 aromatic heterocycles. The van der Waals surface area contributed by atoms with Gasteiger partial charge in [-0.15, -0.1) is 0 Å². The van der Waals surface area contributed by atoms with Gasteiger partial charge in [-0.3, -0.25) is 0 Å². The topological polar surface area (TPSA) is 44.7 Å². The summed E-state index contributed by atoms with van der Waals surface area (Å²) in [6, 6.07) is 0.397. The fourth-order valence-corrected chi connectivity index (χ4v) is 2.58. The van der Waals surface area contributed by atoms with Crippen molar-refractivity contribution in [2.75, 3.05) is 32.8 Å². The highest BCUT2D eigenvalue weighted by molar-refractivity contribution is 4.85. The zero-order chi connectivity index (χ0) is 13.6. The van der Waals surface area contributed by atoms with Crippen molar-refractivity contribution in [2.24, 2.45) is 0 Å². The van der Waals surface area contributed by atoms with E-state index in [1.54, 1.807) is 0 Å². The van der Waals surface area contributed by atoms with Crippen molar-refractivity contribution in [2.45, 2.75) is 58.2 Å². The smallest absolute Gasteiger partial charge is 0.0673 e. The largest absolute Gasteiger partial charge is 0.394 e. The molecule has 0 aromatic carbocycles. The summed E-state index contributed by atoms with van der Waals surface area (Å²) in [5.41, 5.74) is -0.176. The number of rotatable bonds is 6. The van der Waals surface area contributed by atoms with Crippen LogP contribution in [-0.2, 0) is 4.74 Å². The van der Waals surface area contributed by atoms with E-state index in [0.717, 1.165) is 39.1 Å². The number of hydrogen-bond donors (Lipinski definition) is 2. The van der Waals surface area contributed by atoms with Crippen molar-refractivity contribution in [1.29, 1.82) is 0 Å². The van der Waals surface area contributed by atoms with Crippen LogP contribution in [0.1, 0.15) is 40.5 Å². The molecule has 0 aromatic rings. The molecule has 0 radical (unpaired) electrons. The van der Waals surface area contributed by atoms with Gasteiger partial charge < -0.3 is 20.1 Å². The molecule has 1 saturated heterocycles. The van der Waals surface area contributed by atoms with Gasteiger partial charge in [-0.25, -0.2) is 0 Å². The van der Waals surface area contributed by atoms with E-state index in [1.807, 2.05) is 0 Å². The van der Waals surface area contributed by atoms with Gasteiger partial charge in [0.05, 0.1) is 12.7 Å². The molecule has 2 atom stereocenters. The Morgan fingerprint density at radius 1 is 1.50 bits per heavy atom. The number of nitrogens with one attached hydrogen (secondary N) is 1. The Hall–Kier alpha value is -0.160. The molecule has 1 fully saturated rings. The van der Waals surface area contributed by atoms with Crippen LogP contribution in [0.2, 0.25) is 0 Å². The third kappa shape index (κ3) is 5.65. The molecule has 1 heterocycles. The maximum absolute atomic E-state index is 9.57. The Morgan fingerprint density at radius 3 is 2.83 bits per heavy atom. The molecule has 0 amide bonds. The maximum atomic E-state index is 9.57. The second-order valence-electron chi connectivity index (χ2n) is 6.10. The van der Waals surface area contributed by atoms with Crippen molar-refractivity contribution in [3.63, 3.8) is 0 Å². The predicted molar refractivity (Wildman–Crippen MR) is 74.9 cm³/mol. The van der Waals surface area contributed by atoms with Gasteiger partial charge in [0.25, 0.3) is 0 Å². The summed E-state index contributed by atoms with van der Waals surface area (Å²) in [6.45, 7) is 12.7. The van der Waals surface area contributed by atoms with Crippen LogP contribution in [0.5, 0.6) is 0 Å². The Balaban J connectivity index is 2.41. The molecule has 1 aliphatic rings. The van der Waals surface area contributed by atoms with Crippen molar-refractivity contribution < 1.29 is 9.84 Å². The minimum absolute atomic E-state index is 0.176. The lowest BCUT2D eigenvalue weighted by atomic mass is 9.97. The minimum atomic E-state index is -0.176. The number of aliphatic hydroxyl groups is 1. The lowest BCUT2D eigenvalue weighted by Gasteiger charge is -2.33. The number of hydrogen-bond acceptors (Lipinski definition) is 4. The number of nitrogens with zero attached hydrogens (tertiary/aromatic N) is 1. The number of ether oxygens (including phenoxy) is 1. The summed E-state index contributed by atoms with van der Waals surface area (Å²) in [6.07, 6.45) is 2.40. The van der Waals surface area contributed by atoms with Crippen molar-refractivity contribution in [1.82, 2.24) is 10.2 Å². The summed E-state index contributed by atoms with van der Waals surface area (Å²) < 4.78 is 5.65. The fourth-order valence-electron chi connectivity index (χ4n) is 2.58. The second kappa shape index (κ2) is 7.43. The van der Waals surface area contributed by atoms with E-state index in [9.17, 15) is 5.11 Å². The van der Waals surface area contributed by atoms with Gasteiger partial charge in [-0.05, 0) is 26.7 Å². The monoisotopic (exact) mass is 258 g/mol. The lowest BCUT2D eigenvalue weighted by molar-refractivity contribution is 0.0647. The van der Waals surface area contributed by atoms with Gasteiger partial charge in [0, 0.05) is 37.8 Å². The van der Waals surface area contributed by atoms with E-state index in [1.165, 1.54) is 0 Å². The van der Waals surface area contributed by atoms with Gasteiger partial charge in [0.2, 0.25) is 0 Å². The first kappa shape index (κ1) is 15.9. The van der Waals surface area contributed by atoms with Crippen LogP contribution in [-0.4, -0.2) is 60.5 Å². The summed E-state index contributed by atoms with van der Waals surface area (Å²) in [5, 5.41) is 13.0. The van der Waals surface area contributed by atoms with Gasteiger partial charge >= 0.3 is 0 Å². The second-order valence-corrected chi connectivity index (χ2v) is 6.10. The quantitative estimate of drug-likeness (QED) is 0.752. The van der Waals surface area contributed by atoms with Crippen LogP contribution in [0.15, 0.2) is 0 Å². The first-order valence-corrected chi connectivity index (χ1v) is 7.18. The van der Waals surface area contributed by atoms with E-state index >= 15 is 0 Å². The molecule has 2 unspecified atom stereocenters.